The fraction of sp³-hybridized carbons (Fsp3) is 0.455. The molecule has 2 N–H and O–H groups in total. The minimum absolute atomic E-state index is 0.308. The highest BCUT2D eigenvalue weighted by Crippen LogP contribution is 2.24. The van der Waals surface area contributed by atoms with Gasteiger partial charge in [0.05, 0.1) is 18.6 Å². The summed E-state index contributed by atoms with van der Waals surface area (Å²) in [6.07, 6.45) is 1.67. The molecule has 17 heavy (non-hydrogen) atoms. The molecule has 0 spiro atoms. The van der Waals surface area contributed by atoms with Crippen molar-refractivity contribution in [1.29, 1.82) is 0 Å². The molecule has 0 radical (unpaired) electrons. The minimum atomic E-state index is 0.308. The number of hydrogen-bond donors (Lipinski definition) is 1. The second-order valence-electron chi connectivity index (χ2n) is 3.93. The molecule has 0 unspecified atom stereocenters. The van der Waals surface area contributed by atoms with Crippen LogP contribution in [0.4, 0.5) is 0 Å². The number of hydrogen-bond acceptors (Lipinski definition) is 5. The molecule has 2 rings (SSSR count). The summed E-state index contributed by atoms with van der Waals surface area (Å²) in [5, 5.41) is 9.14. The van der Waals surface area contributed by atoms with E-state index in [1.165, 1.54) is 0 Å². The van der Waals surface area contributed by atoms with Crippen LogP contribution in [0.25, 0.3) is 0 Å². The predicted octanol–water partition coefficient (Wildman–Crippen LogP) is 2.20. The van der Waals surface area contributed by atoms with E-state index in [4.69, 9.17) is 10.2 Å². The highest BCUT2D eigenvalue weighted by Gasteiger charge is 2.14. The summed E-state index contributed by atoms with van der Waals surface area (Å²) in [6.45, 7) is 4.60. The number of rotatable bonds is 5. The monoisotopic (exact) mass is 252 g/mol. The maximum absolute atomic E-state index is 5.64. The van der Waals surface area contributed by atoms with Crippen molar-refractivity contribution >= 4 is 11.8 Å². The van der Waals surface area contributed by atoms with Gasteiger partial charge in [-0.3, -0.25) is 0 Å². The molecule has 0 bridgehead atoms. The summed E-state index contributed by atoms with van der Waals surface area (Å²) in [4.78, 5) is 0. The first-order valence-electron chi connectivity index (χ1n) is 5.51. The van der Waals surface area contributed by atoms with Crippen LogP contribution in [0.2, 0.25) is 0 Å². The van der Waals surface area contributed by atoms with Gasteiger partial charge in [-0.1, -0.05) is 11.8 Å². The quantitative estimate of drug-likeness (QED) is 0.826. The molecular formula is C11H16N4OS. The zero-order chi connectivity index (χ0) is 12.3. The molecule has 2 aromatic heterocycles. The molecule has 0 saturated heterocycles. The molecule has 92 valence electrons. The topological polar surface area (TPSA) is 69.9 Å². The Bertz CT molecular complexity index is 464. The molecule has 0 aromatic carbocycles. The summed E-state index contributed by atoms with van der Waals surface area (Å²) in [7, 11) is 0. The van der Waals surface area contributed by atoms with Gasteiger partial charge in [0.25, 0.3) is 0 Å². The Morgan fingerprint density at radius 1 is 1.47 bits per heavy atom. The average Bonchev–Trinajstić information content (AvgIpc) is 2.95. The van der Waals surface area contributed by atoms with Gasteiger partial charge >= 0.3 is 0 Å². The fourth-order valence-corrected chi connectivity index (χ4v) is 2.58. The van der Waals surface area contributed by atoms with Crippen LogP contribution in [-0.4, -0.2) is 14.8 Å². The lowest BCUT2D eigenvalue weighted by Crippen LogP contribution is -2.11. The number of nitrogens with zero attached hydrogens (tertiary/aromatic N) is 3. The van der Waals surface area contributed by atoms with Gasteiger partial charge in [-0.05, 0) is 26.0 Å². The standard InChI is InChI=1S/C11H16N4OS/c1-8(2)15-10(6-12)13-14-11(15)17-7-9-4-3-5-16-9/h3-5,8H,6-7,12H2,1-2H3. The predicted molar refractivity (Wildman–Crippen MR) is 66.6 cm³/mol. The molecular weight excluding hydrogens is 236 g/mol. The van der Waals surface area contributed by atoms with Crippen LogP contribution in [0.5, 0.6) is 0 Å². The first-order valence-corrected chi connectivity index (χ1v) is 6.50. The third-order valence-corrected chi connectivity index (χ3v) is 3.32. The number of thioether (sulfide) groups is 1. The minimum Gasteiger partial charge on any atom is -0.468 e. The van der Waals surface area contributed by atoms with E-state index < -0.39 is 0 Å². The van der Waals surface area contributed by atoms with Crippen molar-refractivity contribution in [2.75, 3.05) is 0 Å². The number of aromatic nitrogens is 3. The molecule has 0 atom stereocenters. The Morgan fingerprint density at radius 3 is 2.88 bits per heavy atom. The molecule has 6 heteroatoms. The van der Waals surface area contributed by atoms with Crippen molar-refractivity contribution in [2.24, 2.45) is 5.73 Å². The van der Waals surface area contributed by atoms with Gasteiger partial charge in [0.1, 0.15) is 11.6 Å². The Morgan fingerprint density at radius 2 is 2.29 bits per heavy atom. The molecule has 2 aromatic rings. The van der Waals surface area contributed by atoms with E-state index in [0.29, 0.717) is 12.6 Å². The van der Waals surface area contributed by atoms with E-state index in [-0.39, 0.29) is 0 Å². The zero-order valence-electron chi connectivity index (χ0n) is 9.96. The van der Waals surface area contributed by atoms with Gasteiger partial charge in [0, 0.05) is 6.04 Å². The Labute approximate surface area is 104 Å². The van der Waals surface area contributed by atoms with Crippen molar-refractivity contribution in [1.82, 2.24) is 14.8 Å². The Kier molecular flexibility index (Phi) is 3.86. The second-order valence-corrected chi connectivity index (χ2v) is 4.88. The van der Waals surface area contributed by atoms with E-state index in [1.54, 1.807) is 18.0 Å². The van der Waals surface area contributed by atoms with Gasteiger partial charge < -0.3 is 14.7 Å². The molecule has 0 saturated carbocycles. The smallest absolute Gasteiger partial charge is 0.191 e. The van der Waals surface area contributed by atoms with Crippen molar-refractivity contribution < 1.29 is 4.42 Å². The molecule has 0 amide bonds. The van der Waals surface area contributed by atoms with Crippen LogP contribution < -0.4 is 5.73 Å². The molecule has 0 fully saturated rings. The van der Waals surface area contributed by atoms with Crippen molar-refractivity contribution in [3.63, 3.8) is 0 Å². The third-order valence-electron chi connectivity index (χ3n) is 2.36. The lowest BCUT2D eigenvalue weighted by Gasteiger charge is -2.12. The molecule has 2 heterocycles. The maximum atomic E-state index is 5.64. The van der Waals surface area contributed by atoms with Crippen LogP contribution in [0.15, 0.2) is 28.0 Å². The normalized spacial score (nSPS) is 11.3. The zero-order valence-corrected chi connectivity index (χ0v) is 10.8. The molecule has 5 nitrogen and oxygen atoms in total. The second kappa shape index (κ2) is 5.37. The van der Waals surface area contributed by atoms with Crippen LogP contribution in [0.3, 0.4) is 0 Å². The van der Waals surface area contributed by atoms with E-state index in [1.807, 2.05) is 12.1 Å². The van der Waals surface area contributed by atoms with Gasteiger partial charge in [-0.15, -0.1) is 10.2 Å². The molecule has 0 aliphatic carbocycles. The van der Waals surface area contributed by atoms with Gasteiger partial charge in [-0.2, -0.15) is 0 Å². The third kappa shape index (κ3) is 2.70. The Hall–Kier alpha value is -1.27. The van der Waals surface area contributed by atoms with Crippen molar-refractivity contribution in [3.8, 4) is 0 Å². The van der Waals surface area contributed by atoms with E-state index in [0.717, 1.165) is 22.5 Å². The lowest BCUT2D eigenvalue weighted by molar-refractivity contribution is 0.520. The van der Waals surface area contributed by atoms with E-state index in [2.05, 4.69) is 28.6 Å². The van der Waals surface area contributed by atoms with Crippen LogP contribution in [-0.2, 0) is 12.3 Å². The average molecular weight is 252 g/mol. The summed E-state index contributed by atoms with van der Waals surface area (Å²) < 4.78 is 7.35. The van der Waals surface area contributed by atoms with Gasteiger partial charge in [-0.25, -0.2) is 0 Å². The maximum Gasteiger partial charge on any atom is 0.191 e. The summed E-state index contributed by atoms with van der Waals surface area (Å²) in [6, 6.07) is 4.14. The highest BCUT2D eigenvalue weighted by atomic mass is 32.2. The summed E-state index contributed by atoms with van der Waals surface area (Å²) >= 11 is 1.61. The first kappa shape index (κ1) is 12.2. The van der Waals surface area contributed by atoms with E-state index >= 15 is 0 Å². The summed E-state index contributed by atoms with van der Waals surface area (Å²) in [5.74, 6) is 2.51. The first-order chi connectivity index (χ1) is 8.22. The van der Waals surface area contributed by atoms with Crippen LogP contribution >= 0.6 is 11.8 Å². The van der Waals surface area contributed by atoms with Crippen molar-refractivity contribution in [2.45, 2.75) is 37.3 Å². The number of furan rings is 1. The molecule has 0 aliphatic heterocycles. The SMILES string of the molecule is CC(C)n1c(CN)nnc1SCc1ccco1. The van der Waals surface area contributed by atoms with E-state index in [9.17, 15) is 0 Å². The van der Waals surface area contributed by atoms with Gasteiger partial charge in [0.2, 0.25) is 0 Å². The Balaban J connectivity index is 2.12. The fourth-order valence-electron chi connectivity index (χ4n) is 1.59. The number of nitrogens with two attached hydrogens (primary N) is 1. The highest BCUT2D eigenvalue weighted by molar-refractivity contribution is 7.98. The molecule has 0 aliphatic rings. The summed E-state index contributed by atoms with van der Waals surface area (Å²) in [5.41, 5.74) is 5.64. The van der Waals surface area contributed by atoms with Gasteiger partial charge in [0.15, 0.2) is 5.16 Å². The van der Waals surface area contributed by atoms with Crippen molar-refractivity contribution in [3.05, 3.63) is 30.0 Å². The van der Waals surface area contributed by atoms with Crippen LogP contribution in [0, 0.1) is 0 Å². The largest absolute Gasteiger partial charge is 0.468 e. The lowest BCUT2D eigenvalue weighted by atomic mass is 10.4. The van der Waals surface area contributed by atoms with Crippen LogP contribution in [0.1, 0.15) is 31.5 Å².